The fourth-order valence-corrected chi connectivity index (χ4v) is 2.64. The van der Waals surface area contributed by atoms with E-state index in [-0.39, 0.29) is 0 Å². The predicted octanol–water partition coefficient (Wildman–Crippen LogP) is 3.26. The highest BCUT2D eigenvalue weighted by molar-refractivity contribution is 5.64. The maximum Gasteiger partial charge on any atom is 0.162 e. The molecule has 3 rings (SSSR count). The first kappa shape index (κ1) is 14.0. The molecule has 1 aromatic carbocycles. The van der Waals surface area contributed by atoms with Crippen LogP contribution in [0.15, 0.2) is 18.2 Å². The zero-order valence-corrected chi connectivity index (χ0v) is 12.9. The second-order valence-corrected chi connectivity index (χ2v) is 5.47. The van der Waals surface area contributed by atoms with Crippen LogP contribution in [-0.2, 0) is 17.8 Å². The lowest BCUT2D eigenvalue weighted by atomic mass is 10.0. The Labute approximate surface area is 125 Å². The van der Waals surface area contributed by atoms with Crippen molar-refractivity contribution in [2.24, 2.45) is 0 Å². The van der Waals surface area contributed by atoms with Crippen LogP contribution in [0.2, 0.25) is 0 Å². The number of nitrogens with one attached hydrogen (secondary N) is 1. The van der Waals surface area contributed by atoms with E-state index in [4.69, 9.17) is 14.7 Å². The number of hydrogen-bond donors (Lipinski definition) is 1. The van der Waals surface area contributed by atoms with Gasteiger partial charge in [0.25, 0.3) is 0 Å². The number of nitrogens with zero attached hydrogens (tertiary/aromatic N) is 2. The van der Waals surface area contributed by atoms with Gasteiger partial charge in [0, 0.05) is 24.1 Å². The average molecular weight is 283 g/mol. The molecule has 110 valence electrons. The SMILES string of the molecule is CCNc1nc(-c2cc(C)ccc2C)nc2c1COCC2. The molecule has 0 radical (unpaired) electrons. The second kappa shape index (κ2) is 5.82. The van der Waals surface area contributed by atoms with E-state index >= 15 is 0 Å². The first-order valence-electron chi connectivity index (χ1n) is 7.48. The normalized spacial score (nSPS) is 13.9. The first-order chi connectivity index (χ1) is 10.2. The highest BCUT2D eigenvalue weighted by atomic mass is 16.5. The number of ether oxygens (including phenoxy) is 1. The maximum absolute atomic E-state index is 5.55. The van der Waals surface area contributed by atoms with Crippen LogP contribution in [0.4, 0.5) is 5.82 Å². The number of hydrogen-bond acceptors (Lipinski definition) is 4. The lowest BCUT2D eigenvalue weighted by Crippen LogP contribution is -2.17. The molecule has 4 heteroatoms. The van der Waals surface area contributed by atoms with Gasteiger partial charge < -0.3 is 10.1 Å². The topological polar surface area (TPSA) is 47.0 Å². The van der Waals surface area contributed by atoms with Gasteiger partial charge >= 0.3 is 0 Å². The van der Waals surface area contributed by atoms with Crippen molar-refractivity contribution in [2.75, 3.05) is 18.5 Å². The molecule has 0 amide bonds. The van der Waals surface area contributed by atoms with Crippen molar-refractivity contribution in [1.82, 2.24) is 9.97 Å². The summed E-state index contributed by atoms with van der Waals surface area (Å²) in [5.41, 5.74) is 5.77. The van der Waals surface area contributed by atoms with Crippen LogP contribution in [0.25, 0.3) is 11.4 Å². The molecule has 0 atom stereocenters. The molecule has 1 N–H and O–H groups in total. The highest BCUT2D eigenvalue weighted by Crippen LogP contribution is 2.28. The third kappa shape index (κ3) is 2.76. The van der Waals surface area contributed by atoms with Crippen LogP contribution < -0.4 is 5.32 Å². The molecule has 1 aromatic heterocycles. The van der Waals surface area contributed by atoms with Gasteiger partial charge in [0.05, 0.1) is 18.9 Å². The summed E-state index contributed by atoms with van der Waals surface area (Å²) >= 11 is 0. The van der Waals surface area contributed by atoms with Gasteiger partial charge in [-0.2, -0.15) is 0 Å². The van der Waals surface area contributed by atoms with E-state index in [1.165, 1.54) is 11.1 Å². The van der Waals surface area contributed by atoms with Crippen LogP contribution in [0.3, 0.4) is 0 Å². The number of aromatic nitrogens is 2. The molecule has 0 unspecified atom stereocenters. The Balaban J connectivity index is 2.14. The molecular weight excluding hydrogens is 262 g/mol. The van der Waals surface area contributed by atoms with Gasteiger partial charge in [-0.3, -0.25) is 0 Å². The summed E-state index contributed by atoms with van der Waals surface area (Å²) in [7, 11) is 0. The fraction of sp³-hybridized carbons (Fsp3) is 0.412. The third-order valence-electron chi connectivity index (χ3n) is 3.80. The molecule has 0 bridgehead atoms. The molecule has 0 fully saturated rings. The quantitative estimate of drug-likeness (QED) is 0.939. The standard InChI is InChI=1S/C17H21N3O/c1-4-18-16-14-10-21-8-7-15(14)19-17(20-16)13-9-11(2)5-6-12(13)3/h5-6,9H,4,7-8,10H2,1-3H3,(H,18,19,20). The molecule has 21 heavy (non-hydrogen) atoms. The molecule has 1 aliphatic rings. The molecular formula is C17H21N3O. The Morgan fingerprint density at radius 1 is 1.24 bits per heavy atom. The summed E-state index contributed by atoms with van der Waals surface area (Å²) < 4.78 is 5.55. The van der Waals surface area contributed by atoms with Crippen molar-refractivity contribution < 1.29 is 4.74 Å². The summed E-state index contributed by atoms with van der Waals surface area (Å²) in [6.07, 6.45) is 0.855. The molecule has 2 aromatic rings. The van der Waals surface area contributed by atoms with E-state index in [0.29, 0.717) is 6.61 Å². The first-order valence-corrected chi connectivity index (χ1v) is 7.48. The van der Waals surface area contributed by atoms with Crippen molar-refractivity contribution in [2.45, 2.75) is 33.8 Å². The number of aryl methyl sites for hydroxylation is 2. The van der Waals surface area contributed by atoms with Gasteiger partial charge in [0.15, 0.2) is 5.82 Å². The Morgan fingerprint density at radius 3 is 2.90 bits per heavy atom. The molecule has 0 spiro atoms. The Kier molecular flexibility index (Phi) is 3.88. The number of anilines is 1. The van der Waals surface area contributed by atoms with Gasteiger partial charge in [-0.1, -0.05) is 17.7 Å². The summed E-state index contributed by atoms with van der Waals surface area (Å²) in [5, 5.41) is 3.35. The summed E-state index contributed by atoms with van der Waals surface area (Å²) in [6, 6.07) is 6.41. The Bertz CT molecular complexity index is 667. The molecule has 2 heterocycles. The summed E-state index contributed by atoms with van der Waals surface area (Å²) in [5.74, 6) is 1.73. The predicted molar refractivity (Wildman–Crippen MR) is 84.5 cm³/mol. The van der Waals surface area contributed by atoms with Crippen LogP contribution in [0.5, 0.6) is 0 Å². The average Bonchev–Trinajstić information content (AvgIpc) is 2.50. The minimum absolute atomic E-state index is 0.602. The van der Waals surface area contributed by atoms with Crippen LogP contribution in [0, 0.1) is 13.8 Å². The van der Waals surface area contributed by atoms with E-state index in [1.807, 2.05) is 0 Å². The fourth-order valence-electron chi connectivity index (χ4n) is 2.64. The van der Waals surface area contributed by atoms with Gasteiger partial charge in [0.2, 0.25) is 0 Å². The van der Waals surface area contributed by atoms with E-state index in [0.717, 1.165) is 48.0 Å². The third-order valence-corrected chi connectivity index (χ3v) is 3.80. The van der Waals surface area contributed by atoms with Crippen molar-refractivity contribution >= 4 is 5.82 Å². The van der Waals surface area contributed by atoms with Gasteiger partial charge in [-0.05, 0) is 32.4 Å². The minimum Gasteiger partial charge on any atom is -0.376 e. The molecule has 0 aliphatic carbocycles. The van der Waals surface area contributed by atoms with Crippen molar-refractivity contribution in [3.05, 3.63) is 40.6 Å². The monoisotopic (exact) mass is 283 g/mol. The lowest BCUT2D eigenvalue weighted by Gasteiger charge is -2.20. The second-order valence-electron chi connectivity index (χ2n) is 5.47. The number of fused-ring (bicyclic) bond motifs is 1. The Hall–Kier alpha value is -1.94. The van der Waals surface area contributed by atoms with Crippen molar-refractivity contribution in [1.29, 1.82) is 0 Å². The Morgan fingerprint density at radius 2 is 2.10 bits per heavy atom. The maximum atomic E-state index is 5.55. The van der Waals surface area contributed by atoms with Gasteiger partial charge in [-0.25, -0.2) is 9.97 Å². The molecule has 0 saturated carbocycles. The molecule has 4 nitrogen and oxygen atoms in total. The van der Waals surface area contributed by atoms with E-state index in [2.05, 4.69) is 44.3 Å². The van der Waals surface area contributed by atoms with Crippen LogP contribution in [0.1, 0.15) is 29.3 Å². The minimum atomic E-state index is 0.602. The number of rotatable bonds is 3. The zero-order chi connectivity index (χ0) is 14.8. The smallest absolute Gasteiger partial charge is 0.162 e. The van der Waals surface area contributed by atoms with E-state index in [9.17, 15) is 0 Å². The van der Waals surface area contributed by atoms with E-state index in [1.54, 1.807) is 0 Å². The van der Waals surface area contributed by atoms with Crippen LogP contribution >= 0.6 is 0 Å². The summed E-state index contributed by atoms with van der Waals surface area (Å²) in [4.78, 5) is 9.54. The van der Waals surface area contributed by atoms with Gasteiger partial charge in [-0.15, -0.1) is 0 Å². The largest absolute Gasteiger partial charge is 0.376 e. The van der Waals surface area contributed by atoms with Crippen LogP contribution in [-0.4, -0.2) is 23.1 Å². The highest BCUT2D eigenvalue weighted by Gasteiger charge is 2.19. The molecule has 0 saturated heterocycles. The van der Waals surface area contributed by atoms with E-state index < -0.39 is 0 Å². The van der Waals surface area contributed by atoms with Gasteiger partial charge in [0.1, 0.15) is 5.82 Å². The van der Waals surface area contributed by atoms with Crippen molar-refractivity contribution in [3.8, 4) is 11.4 Å². The summed E-state index contributed by atoms with van der Waals surface area (Å²) in [6.45, 7) is 8.46. The lowest BCUT2D eigenvalue weighted by molar-refractivity contribution is 0.109. The number of benzene rings is 1. The van der Waals surface area contributed by atoms with Crippen molar-refractivity contribution in [3.63, 3.8) is 0 Å². The molecule has 1 aliphatic heterocycles. The zero-order valence-electron chi connectivity index (χ0n) is 12.9.